The molecule has 1 fully saturated rings. The highest BCUT2D eigenvalue weighted by atomic mass is 19.1. The van der Waals surface area contributed by atoms with Gasteiger partial charge in [0.2, 0.25) is 0 Å². The number of hydrogen-bond donors (Lipinski definition) is 1. The van der Waals surface area contributed by atoms with Crippen molar-refractivity contribution in [2.45, 2.75) is 25.4 Å². The van der Waals surface area contributed by atoms with Gasteiger partial charge >= 0.3 is 0 Å². The summed E-state index contributed by atoms with van der Waals surface area (Å²) in [5.74, 6) is -0.335. The third-order valence-corrected chi connectivity index (χ3v) is 2.43. The number of benzene rings is 1. The molecule has 0 aromatic heterocycles. The number of aliphatic hydroxyl groups excluding tert-OH is 1. The van der Waals surface area contributed by atoms with Crippen molar-refractivity contribution in [3.63, 3.8) is 0 Å². The Morgan fingerprint density at radius 1 is 1.33 bits per heavy atom. The Bertz CT molecular complexity index is 342. The molecule has 1 aliphatic rings. The first-order valence-electron chi connectivity index (χ1n) is 4.88. The molecule has 3 atom stereocenters. The topological polar surface area (TPSA) is 38.7 Å². The molecule has 1 aliphatic heterocycles. The third-order valence-electron chi connectivity index (χ3n) is 2.43. The second kappa shape index (κ2) is 4.26. The zero-order valence-corrected chi connectivity index (χ0v) is 8.39. The van der Waals surface area contributed by atoms with Crippen molar-refractivity contribution in [2.75, 3.05) is 6.61 Å². The maximum Gasteiger partial charge on any atom is 0.156 e. The molecule has 0 amide bonds. The minimum absolute atomic E-state index is 0.177. The molecule has 82 valence electrons. The van der Waals surface area contributed by atoms with Gasteiger partial charge in [-0.1, -0.05) is 18.2 Å². The molecular formula is C11H13FO3. The number of halogens is 1. The number of rotatable bonds is 2. The molecule has 0 saturated carbocycles. The molecule has 1 aromatic rings. The van der Waals surface area contributed by atoms with Crippen LogP contribution < -0.4 is 0 Å². The van der Waals surface area contributed by atoms with Crippen molar-refractivity contribution >= 4 is 0 Å². The molecule has 15 heavy (non-hydrogen) atoms. The fourth-order valence-electron chi connectivity index (χ4n) is 1.76. The molecule has 0 spiro atoms. The molecule has 1 N–H and O–H groups in total. The fraction of sp³-hybridized carbons (Fsp3) is 0.455. The van der Waals surface area contributed by atoms with Gasteiger partial charge in [-0.15, -0.1) is 0 Å². The first-order chi connectivity index (χ1) is 7.22. The minimum atomic E-state index is -0.522. The van der Waals surface area contributed by atoms with Gasteiger partial charge in [0.15, 0.2) is 6.29 Å². The number of ether oxygens (including phenoxy) is 2. The van der Waals surface area contributed by atoms with Crippen LogP contribution in [0.3, 0.4) is 0 Å². The van der Waals surface area contributed by atoms with Crippen LogP contribution in [0, 0.1) is 5.82 Å². The Morgan fingerprint density at radius 2 is 2.07 bits per heavy atom. The van der Waals surface area contributed by atoms with Gasteiger partial charge in [0, 0.05) is 5.56 Å². The van der Waals surface area contributed by atoms with Crippen molar-refractivity contribution in [1.82, 2.24) is 0 Å². The largest absolute Gasteiger partial charge is 0.394 e. The molecule has 1 aromatic carbocycles. The van der Waals surface area contributed by atoms with Crippen LogP contribution in [0.5, 0.6) is 0 Å². The van der Waals surface area contributed by atoms with E-state index in [0.717, 1.165) is 0 Å². The zero-order chi connectivity index (χ0) is 10.8. The predicted octanol–water partition coefficient (Wildman–Crippen LogP) is 1.62. The van der Waals surface area contributed by atoms with Crippen LogP contribution in [0.2, 0.25) is 0 Å². The van der Waals surface area contributed by atoms with Crippen LogP contribution >= 0.6 is 0 Å². The van der Waals surface area contributed by atoms with Crippen molar-refractivity contribution in [1.29, 1.82) is 0 Å². The molecular weight excluding hydrogens is 199 g/mol. The van der Waals surface area contributed by atoms with Gasteiger partial charge in [0.25, 0.3) is 0 Å². The van der Waals surface area contributed by atoms with E-state index >= 15 is 0 Å². The van der Waals surface area contributed by atoms with Gasteiger partial charge in [0.05, 0.1) is 6.61 Å². The van der Waals surface area contributed by atoms with Crippen LogP contribution in [0.4, 0.5) is 4.39 Å². The van der Waals surface area contributed by atoms with E-state index in [-0.39, 0.29) is 12.4 Å². The van der Waals surface area contributed by atoms with E-state index in [1.807, 2.05) is 0 Å². The molecule has 2 unspecified atom stereocenters. The van der Waals surface area contributed by atoms with Crippen molar-refractivity contribution in [3.05, 3.63) is 35.6 Å². The fourth-order valence-corrected chi connectivity index (χ4v) is 1.76. The Hall–Kier alpha value is -0.970. The summed E-state index contributed by atoms with van der Waals surface area (Å²) in [6.45, 7) is 1.55. The molecule has 1 saturated heterocycles. The first kappa shape index (κ1) is 10.5. The molecule has 2 rings (SSSR count). The molecule has 0 aliphatic carbocycles. The third kappa shape index (κ3) is 2.02. The highest BCUT2D eigenvalue weighted by Crippen LogP contribution is 2.33. The minimum Gasteiger partial charge on any atom is -0.394 e. The Balaban J connectivity index is 2.26. The van der Waals surface area contributed by atoms with Crippen LogP contribution in [0.1, 0.15) is 18.6 Å². The Morgan fingerprint density at radius 3 is 2.73 bits per heavy atom. The second-order valence-electron chi connectivity index (χ2n) is 3.50. The quantitative estimate of drug-likeness (QED) is 0.809. The van der Waals surface area contributed by atoms with E-state index in [1.54, 1.807) is 25.1 Å². The van der Waals surface area contributed by atoms with Gasteiger partial charge in [0.1, 0.15) is 18.0 Å². The van der Waals surface area contributed by atoms with Crippen molar-refractivity contribution in [2.24, 2.45) is 0 Å². The molecule has 3 nitrogen and oxygen atoms in total. The molecule has 1 heterocycles. The SMILES string of the molecule is CC1OC(CO)[C@@H](c2ccccc2F)O1. The summed E-state index contributed by atoms with van der Waals surface area (Å²) in [6.07, 6.45) is -1.42. The van der Waals surface area contributed by atoms with E-state index in [4.69, 9.17) is 14.6 Å². The average molecular weight is 212 g/mol. The Labute approximate surface area is 87.4 Å². The lowest BCUT2D eigenvalue weighted by Crippen LogP contribution is -2.20. The predicted molar refractivity (Wildman–Crippen MR) is 51.6 cm³/mol. The van der Waals surface area contributed by atoms with Gasteiger partial charge in [-0.25, -0.2) is 4.39 Å². The van der Waals surface area contributed by atoms with Crippen LogP contribution in [0.15, 0.2) is 24.3 Å². The van der Waals surface area contributed by atoms with Gasteiger partial charge in [-0.3, -0.25) is 0 Å². The van der Waals surface area contributed by atoms with E-state index in [9.17, 15) is 4.39 Å². The summed E-state index contributed by atoms with van der Waals surface area (Å²) in [5.41, 5.74) is 0.431. The normalized spacial score (nSPS) is 30.7. The summed E-state index contributed by atoms with van der Waals surface area (Å²) in [4.78, 5) is 0. The first-order valence-corrected chi connectivity index (χ1v) is 4.88. The smallest absolute Gasteiger partial charge is 0.156 e. The molecule has 4 heteroatoms. The second-order valence-corrected chi connectivity index (χ2v) is 3.50. The summed E-state index contributed by atoms with van der Waals surface area (Å²) in [7, 11) is 0. The Kier molecular flexibility index (Phi) is 3.00. The lowest BCUT2D eigenvalue weighted by Gasteiger charge is -2.15. The van der Waals surface area contributed by atoms with E-state index in [0.29, 0.717) is 5.56 Å². The summed E-state index contributed by atoms with van der Waals surface area (Å²) in [5, 5.41) is 9.08. The maximum atomic E-state index is 13.5. The average Bonchev–Trinajstić information content (AvgIpc) is 2.60. The highest BCUT2D eigenvalue weighted by molar-refractivity contribution is 5.21. The molecule has 0 radical (unpaired) electrons. The zero-order valence-electron chi connectivity index (χ0n) is 8.39. The number of hydrogen-bond acceptors (Lipinski definition) is 3. The van der Waals surface area contributed by atoms with Gasteiger partial charge < -0.3 is 14.6 Å². The standard InChI is InChI=1S/C11H13FO3/c1-7-14-10(6-13)11(15-7)8-4-2-3-5-9(8)12/h2-5,7,10-11,13H,6H2,1H3/t7?,10?,11-/m1/s1. The monoisotopic (exact) mass is 212 g/mol. The van der Waals surface area contributed by atoms with E-state index in [1.165, 1.54) is 6.07 Å². The summed E-state index contributed by atoms with van der Waals surface area (Å²) in [6, 6.07) is 6.37. The summed E-state index contributed by atoms with van der Waals surface area (Å²) >= 11 is 0. The van der Waals surface area contributed by atoms with Crippen LogP contribution in [0.25, 0.3) is 0 Å². The maximum absolute atomic E-state index is 13.5. The lowest BCUT2D eigenvalue weighted by atomic mass is 10.0. The summed E-state index contributed by atoms with van der Waals surface area (Å²) < 4.78 is 24.2. The van der Waals surface area contributed by atoms with E-state index in [2.05, 4.69) is 0 Å². The number of aliphatic hydroxyl groups is 1. The highest BCUT2D eigenvalue weighted by Gasteiger charge is 2.35. The lowest BCUT2D eigenvalue weighted by molar-refractivity contribution is -0.0565. The van der Waals surface area contributed by atoms with Gasteiger partial charge in [-0.05, 0) is 13.0 Å². The van der Waals surface area contributed by atoms with Gasteiger partial charge in [-0.2, -0.15) is 0 Å². The van der Waals surface area contributed by atoms with Crippen LogP contribution in [-0.2, 0) is 9.47 Å². The van der Waals surface area contributed by atoms with Crippen LogP contribution in [-0.4, -0.2) is 24.1 Å². The van der Waals surface area contributed by atoms with E-state index < -0.39 is 18.5 Å². The van der Waals surface area contributed by atoms with Crippen molar-refractivity contribution in [3.8, 4) is 0 Å². The van der Waals surface area contributed by atoms with Crippen molar-refractivity contribution < 1.29 is 19.0 Å². The molecule has 0 bridgehead atoms.